The standard InChI is InChI=1S/C10H4F19N/c11-2(12,1-3(13,14)15)4(16,17)5(18,19)6(20,21)7(22,23)8(24,25)9(26,27)10(28,29)30/h1,30H2. The Labute approximate surface area is 151 Å². The van der Waals surface area contributed by atoms with Gasteiger partial charge in [-0.3, -0.25) is 5.73 Å². The van der Waals surface area contributed by atoms with E-state index in [9.17, 15) is 83.4 Å². The average molecular weight is 499 g/mol. The van der Waals surface area contributed by atoms with E-state index in [-0.39, 0.29) is 0 Å². The van der Waals surface area contributed by atoms with Crippen molar-refractivity contribution in [2.75, 3.05) is 0 Å². The van der Waals surface area contributed by atoms with Gasteiger partial charge in [0, 0.05) is 0 Å². The molecule has 0 saturated heterocycles. The predicted molar refractivity (Wildman–Crippen MR) is 54.4 cm³/mol. The Morgan fingerprint density at radius 3 is 0.833 bits per heavy atom. The SMILES string of the molecule is NC(F)(F)C(F)(F)C(F)(F)C(F)(F)C(F)(F)C(F)(F)C(F)(F)C(F)(F)CC(F)(F)F. The summed E-state index contributed by atoms with van der Waals surface area (Å²) in [5.74, 6) is -58.1. The Balaban J connectivity index is 6.70. The van der Waals surface area contributed by atoms with Crippen LogP contribution in [0.2, 0.25) is 0 Å². The third kappa shape index (κ3) is 3.82. The molecule has 0 heterocycles. The molecule has 0 spiro atoms. The molecule has 0 aliphatic carbocycles. The monoisotopic (exact) mass is 499 g/mol. The van der Waals surface area contributed by atoms with Crippen molar-refractivity contribution >= 4 is 0 Å². The highest BCUT2D eigenvalue weighted by Crippen LogP contribution is 2.64. The van der Waals surface area contributed by atoms with E-state index in [0.717, 1.165) is 0 Å². The van der Waals surface area contributed by atoms with Crippen molar-refractivity contribution in [3.05, 3.63) is 0 Å². The van der Waals surface area contributed by atoms with Crippen LogP contribution in [0.4, 0.5) is 83.4 Å². The third-order valence-corrected chi connectivity index (χ3v) is 3.27. The highest BCUT2D eigenvalue weighted by Gasteiger charge is 2.94. The topological polar surface area (TPSA) is 26.0 Å². The van der Waals surface area contributed by atoms with Crippen LogP contribution < -0.4 is 5.73 Å². The molecule has 20 heteroatoms. The molecule has 0 bridgehead atoms. The minimum Gasteiger partial charge on any atom is -0.267 e. The number of halogens is 19. The number of rotatable bonds is 8. The molecule has 0 radical (unpaired) electrons. The molecular formula is C10H4F19N. The number of hydrogen-bond donors (Lipinski definition) is 1. The molecule has 0 fully saturated rings. The van der Waals surface area contributed by atoms with Crippen LogP contribution in [0, 0.1) is 0 Å². The highest BCUT2D eigenvalue weighted by molar-refractivity contribution is 5.15. The first-order valence-electron chi connectivity index (χ1n) is 6.34. The summed E-state index contributed by atoms with van der Waals surface area (Å²) >= 11 is 0. The van der Waals surface area contributed by atoms with Gasteiger partial charge in [-0.1, -0.05) is 0 Å². The second-order valence-corrected chi connectivity index (χ2v) is 5.57. The van der Waals surface area contributed by atoms with Crippen molar-refractivity contribution in [3.63, 3.8) is 0 Å². The summed E-state index contributed by atoms with van der Waals surface area (Å²) in [5.41, 5.74) is 3.05. The molecule has 0 atom stereocenters. The van der Waals surface area contributed by atoms with Gasteiger partial charge in [-0.05, 0) is 0 Å². The van der Waals surface area contributed by atoms with Gasteiger partial charge in [0.05, 0.1) is 0 Å². The van der Waals surface area contributed by atoms with E-state index in [1.54, 1.807) is 0 Å². The summed E-state index contributed by atoms with van der Waals surface area (Å²) in [5, 5.41) is 0. The molecule has 0 saturated carbocycles. The molecule has 1 nitrogen and oxygen atoms in total. The van der Waals surface area contributed by atoms with E-state index in [4.69, 9.17) is 0 Å². The van der Waals surface area contributed by atoms with Crippen molar-refractivity contribution in [2.45, 2.75) is 60.1 Å². The van der Waals surface area contributed by atoms with Gasteiger partial charge in [0.2, 0.25) is 0 Å². The normalized spacial score (nSPS) is 16.8. The van der Waals surface area contributed by atoms with Crippen LogP contribution in [-0.4, -0.2) is 53.7 Å². The highest BCUT2D eigenvalue weighted by atomic mass is 19.4. The molecule has 0 aromatic rings. The minimum atomic E-state index is -8.77. The summed E-state index contributed by atoms with van der Waals surface area (Å²) in [7, 11) is 0. The fourth-order valence-electron chi connectivity index (χ4n) is 1.59. The van der Waals surface area contributed by atoms with E-state index in [1.807, 2.05) is 0 Å². The molecule has 0 aromatic carbocycles. The lowest BCUT2D eigenvalue weighted by Gasteiger charge is -2.43. The maximum absolute atomic E-state index is 13.2. The second-order valence-electron chi connectivity index (χ2n) is 5.57. The minimum absolute atomic E-state index is 3.05. The van der Waals surface area contributed by atoms with Crippen LogP contribution >= 0.6 is 0 Å². The van der Waals surface area contributed by atoms with Crippen LogP contribution in [-0.2, 0) is 0 Å². The largest absolute Gasteiger partial charge is 0.395 e. The summed E-state index contributed by atoms with van der Waals surface area (Å²) < 4.78 is 242. The zero-order valence-electron chi connectivity index (χ0n) is 13.0. The van der Waals surface area contributed by atoms with Crippen molar-refractivity contribution in [1.29, 1.82) is 0 Å². The van der Waals surface area contributed by atoms with Gasteiger partial charge in [0.1, 0.15) is 6.42 Å². The molecular weight excluding hydrogens is 495 g/mol. The quantitative estimate of drug-likeness (QED) is 0.325. The zero-order valence-corrected chi connectivity index (χ0v) is 13.0. The fraction of sp³-hybridized carbons (Fsp3) is 1.00. The smallest absolute Gasteiger partial charge is 0.267 e. The summed E-state index contributed by atoms with van der Waals surface area (Å²) in [6, 6.07) is -6.89. The van der Waals surface area contributed by atoms with E-state index in [2.05, 4.69) is 5.73 Å². The number of nitrogens with two attached hydrogens (primary N) is 1. The Kier molecular flexibility index (Phi) is 6.50. The lowest BCUT2D eigenvalue weighted by Crippen LogP contribution is -2.75. The Bertz CT molecular complexity index is 622. The molecule has 0 aliphatic heterocycles. The predicted octanol–water partition coefficient (Wildman–Crippen LogP) is 5.94. The first-order valence-corrected chi connectivity index (χ1v) is 6.34. The molecule has 182 valence electrons. The zero-order chi connectivity index (χ0) is 25.2. The van der Waals surface area contributed by atoms with Crippen molar-refractivity contribution in [1.82, 2.24) is 0 Å². The lowest BCUT2D eigenvalue weighted by atomic mass is 9.88. The van der Waals surface area contributed by atoms with Gasteiger partial charge in [-0.2, -0.15) is 83.4 Å². The van der Waals surface area contributed by atoms with Gasteiger partial charge in [0.15, 0.2) is 0 Å². The third-order valence-electron chi connectivity index (χ3n) is 3.27. The van der Waals surface area contributed by atoms with Gasteiger partial charge in [-0.15, -0.1) is 0 Å². The molecule has 2 N–H and O–H groups in total. The maximum Gasteiger partial charge on any atom is 0.395 e. The maximum atomic E-state index is 13.2. The van der Waals surface area contributed by atoms with Crippen LogP contribution in [0.1, 0.15) is 6.42 Å². The van der Waals surface area contributed by atoms with Gasteiger partial charge >= 0.3 is 53.7 Å². The van der Waals surface area contributed by atoms with Crippen molar-refractivity contribution in [2.24, 2.45) is 5.73 Å². The number of hydrogen-bond acceptors (Lipinski definition) is 1. The Morgan fingerprint density at radius 1 is 0.367 bits per heavy atom. The first kappa shape index (κ1) is 28.6. The molecule has 30 heavy (non-hydrogen) atoms. The molecule has 0 aliphatic rings. The van der Waals surface area contributed by atoms with Gasteiger partial charge < -0.3 is 0 Å². The molecule has 0 amide bonds. The van der Waals surface area contributed by atoms with E-state index in [1.165, 1.54) is 0 Å². The summed E-state index contributed by atoms with van der Waals surface area (Å²) in [6.07, 6.45) is -10.9. The van der Waals surface area contributed by atoms with Crippen LogP contribution in [0.15, 0.2) is 0 Å². The summed E-state index contributed by atoms with van der Waals surface area (Å²) in [6.45, 7) is 0. The van der Waals surface area contributed by atoms with E-state index < -0.39 is 60.1 Å². The Morgan fingerprint density at radius 2 is 0.600 bits per heavy atom. The van der Waals surface area contributed by atoms with Gasteiger partial charge in [0.25, 0.3) is 0 Å². The van der Waals surface area contributed by atoms with Crippen LogP contribution in [0.3, 0.4) is 0 Å². The van der Waals surface area contributed by atoms with Crippen molar-refractivity contribution in [3.8, 4) is 0 Å². The van der Waals surface area contributed by atoms with E-state index in [0.29, 0.717) is 0 Å². The lowest BCUT2D eigenvalue weighted by molar-refractivity contribution is -0.455. The van der Waals surface area contributed by atoms with Crippen molar-refractivity contribution < 1.29 is 83.4 Å². The summed E-state index contributed by atoms with van der Waals surface area (Å²) in [4.78, 5) is 0. The first-order chi connectivity index (χ1) is 12.5. The molecule has 0 rings (SSSR count). The van der Waals surface area contributed by atoms with Crippen LogP contribution in [0.25, 0.3) is 0 Å². The fourth-order valence-corrected chi connectivity index (χ4v) is 1.59. The average Bonchev–Trinajstić information content (AvgIpc) is 2.41. The van der Waals surface area contributed by atoms with Gasteiger partial charge in [-0.25, -0.2) is 0 Å². The Hall–Kier alpha value is -1.37. The second kappa shape index (κ2) is 6.81. The molecule has 0 aromatic heterocycles. The number of alkyl halides is 19. The van der Waals surface area contributed by atoms with Crippen LogP contribution in [0.5, 0.6) is 0 Å². The molecule has 0 unspecified atom stereocenters. The van der Waals surface area contributed by atoms with E-state index >= 15 is 0 Å².